The number of carbonyl (C=O) groups is 1. The number of rotatable bonds is 2. The lowest BCUT2D eigenvalue weighted by Crippen LogP contribution is -2.43. The molecule has 0 spiro atoms. The summed E-state index contributed by atoms with van der Waals surface area (Å²) < 4.78 is 31.4. The molecule has 0 bridgehead atoms. The van der Waals surface area contributed by atoms with Gasteiger partial charge < -0.3 is 4.74 Å². The number of nitrogens with one attached hydrogen (secondary N) is 1. The van der Waals surface area contributed by atoms with Gasteiger partial charge in [-0.15, -0.1) is 0 Å². The minimum atomic E-state index is -0.742. The van der Waals surface area contributed by atoms with E-state index < -0.39 is 23.3 Å². The van der Waals surface area contributed by atoms with Crippen LogP contribution in [0.1, 0.15) is 20.8 Å². The van der Waals surface area contributed by atoms with Crippen LogP contribution < -0.4 is 10.4 Å². The number of ether oxygens (including phenoxy) is 1. The molecule has 0 radical (unpaired) electrons. The van der Waals surface area contributed by atoms with Gasteiger partial charge in [0.1, 0.15) is 17.2 Å². The summed E-state index contributed by atoms with van der Waals surface area (Å²) in [6.45, 7) is 5.11. The Hall–Kier alpha value is -1.85. The molecule has 18 heavy (non-hydrogen) atoms. The smallest absolute Gasteiger partial charge is 0.426 e. The van der Waals surface area contributed by atoms with Gasteiger partial charge in [0, 0.05) is 13.1 Å². The summed E-state index contributed by atoms with van der Waals surface area (Å²) in [7, 11) is 1.39. The molecule has 0 aliphatic heterocycles. The molecular formula is C12H16F2N2O2. The predicted octanol–water partition coefficient (Wildman–Crippen LogP) is 2.84. The molecule has 0 heterocycles. The molecule has 0 atom stereocenters. The van der Waals surface area contributed by atoms with Gasteiger partial charge in [-0.25, -0.2) is 19.0 Å². The number of hydrogen-bond acceptors (Lipinski definition) is 3. The number of amides is 1. The van der Waals surface area contributed by atoms with E-state index in [4.69, 9.17) is 4.74 Å². The number of carbonyl (C=O) groups excluding carboxylic acids is 1. The third-order valence-electron chi connectivity index (χ3n) is 1.93. The zero-order chi connectivity index (χ0) is 13.9. The third kappa shape index (κ3) is 4.20. The molecule has 0 saturated carbocycles. The van der Waals surface area contributed by atoms with Crippen molar-refractivity contribution in [3.05, 3.63) is 29.8 Å². The van der Waals surface area contributed by atoms with Crippen LogP contribution in [0.3, 0.4) is 0 Å². The lowest BCUT2D eigenvalue weighted by Gasteiger charge is -2.24. The van der Waals surface area contributed by atoms with Crippen LogP contribution in [0, 0.1) is 11.6 Å². The molecule has 0 aromatic heterocycles. The van der Waals surface area contributed by atoms with Crippen molar-refractivity contribution < 1.29 is 18.3 Å². The lowest BCUT2D eigenvalue weighted by molar-refractivity contribution is 0.0524. The Morgan fingerprint density at radius 2 is 1.94 bits per heavy atom. The van der Waals surface area contributed by atoms with Gasteiger partial charge in [0.15, 0.2) is 0 Å². The maximum absolute atomic E-state index is 13.4. The second-order valence-corrected chi connectivity index (χ2v) is 4.77. The Morgan fingerprint density at radius 1 is 1.33 bits per heavy atom. The highest BCUT2D eigenvalue weighted by atomic mass is 19.1. The molecule has 0 unspecified atom stereocenters. The fourth-order valence-corrected chi connectivity index (χ4v) is 1.24. The van der Waals surface area contributed by atoms with Crippen molar-refractivity contribution >= 4 is 11.8 Å². The monoisotopic (exact) mass is 258 g/mol. The van der Waals surface area contributed by atoms with Gasteiger partial charge in [-0.3, -0.25) is 5.01 Å². The minimum absolute atomic E-state index is 0.0825. The molecule has 1 aromatic carbocycles. The maximum atomic E-state index is 13.4. The van der Waals surface area contributed by atoms with Gasteiger partial charge in [-0.2, -0.15) is 0 Å². The molecule has 1 aromatic rings. The van der Waals surface area contributed by atoms with E-state index in [1.54, 1.807) is 20.8 Å². The van der Waals surface area contributed by atoms with Crippen LogP contribution in [0.5, 0.6) is 0 Å². The van der Waals surface area contributed by atoms with Crippen LogP contribution in [-0.4, -0.2) is 18.7 Å². The van der Waals surface area contributed by atoms with E-state index in [2.05, 4.69) is 5.43 Å². The fraction of sp³-hybridized carbons (Fsp3) is 0.417. The van der Waals surface area contributed by atoms with Crippen LogP contribution in [-0.2, 0) is 4.74 Å². The highest BCUT2D eigenvalue weighted by Crippen LogP contribution is 2.18. The van der Waals surface area contributed by atoms with E-state index in [1.807, 2.05) is 0 Å². The third-order valence-corrected chi connectivity index (χ3v) is 1.93. The molecule has 6 heteroatoms. The van der Waals surface area contributed by atoms with Gasteiger partial charge in [0.05, 0.1) is 5.69 Å². The Morgan fingerprint density at radius 3 is 2.50 bits per heavy atom. The van der Waals surface area contributed by atoms with Gasteiger partial charge in [-0.1, -0.05) is 0 Å². The Balaban J connectivity index is 2.73. The van der Waals surface area contributed by atoms with Gasteiger partial charge >= 0.3 is 6.09 Å². The first-order chi connectivity index (χ1) is 8.19. The number of anilines is 1. The largest absolute Gasteiger partial charge is 0.443 e. The zero-order valence-corrected chi connectivity index (χ0v) is 10.8. The highest BCUT2D eigenvalue weighted by Gasteiger charge is 2.18. The molecule has 0 fully saturated rings. The SMILES string of the molecule is CN(NC(=O)OC(C)(C)C)c1cc(F)ccc1F. The van der Waals surface area contributed by atoms with E-state index in [0.717, 1.165) is 23.2 Å². The molecular weight excluding hydrogens is 242 g/mol. The van der Waals surface area contributed by atoms with Gasteiger partial charge in [-0.05, 0) is 32.9 Å². The first-order valence-electron chi connectivity index (χ1n) is 5.37. The summed E-state index contributed by atoms with van der Waals surface area (Å²) in [5.74, 6) is -1.24. The second-order valence-electron chi connectivity index (χ2n) is 4.77. The predicted molar refractivity (Wildman–Crippen MR) is 64.1 cm³/mol. The summed E-state index contributed by atoms with van der Waals surface area (Å²) in [4.78, 5) is 11.4. The first-order valence-corrected chi connectivity index (χ1v) is 5.37. The van der Waals surface area contributed by atoms with Crippen LogP contribution in [0.4, 0.5) is 19.3 Å². The van der Waals surface area contributed by atoms with Crippen molar-refractivity contribution in [2.45, 2.75) is 26.4 Å². The van der Waals surface area contributed by atoms with Crippen molar-refractivity contribution in [2.24, 2.45) is 0 Å². The molecule has 1 amide bonds. The summed E-state index contributed by atoms with van der Waals surface area (Å²) in [6, 6.07) is 2.96. The van der Waals surface area contributed by atoms with Gasteiger partial charge in [0.25, 0.3) is 0 Å². The van der Waals surface area contributed by atoms with E-state index >= 15 is 0 Å². The van der Waals surface area contributed by atoms with Crippen molar-refractivity contribution in [2.75, 3.05) is 12.1 Å². The minimum Gasteiger partial charge on any atom is -0.443 e. The number of hydrogen-bond donors (Lipinski definition) is 1. The van der Waals surface area contributed by atoms with E-state index in [1.165, 1.54) is 7.05 Å². The van der Waals surface area contributed by atoms with E-state index in [0.29, 0.717) is 0 Å². The van der Waals surface area contributed by atoms with Crippen LogP contribution >= 0.6 is 0 Å². The number of hydrazine groups is 1. The average Bonchev–Trinajstić information content (AvgIpc) is 2.18. The van der Waals surface area contributed by atoms with Crippen LogP contribution in [0.2, 0.25) is 0 Å². The van der Waals surface area contributed by atoms with Crippen molar-refractivity contribution in [3.63, 3.8) is 0 Å². The lowest BCUT2D eigenvalue weighted by atomic mass is 10.2. The summed E-state index contributed by atoms with van der Waals surface area (Å²) in [5.41, 5.74) is 1.54. The molecule has 4 nitrogen and oxygen atoms in total. The maximum Gasteiger partial charge on any atom is 0.426 e. The number of nitrogens with zero attached hydrogens (tertiary/aromatic N) is 1. The quantitative estimate of drug-likeness (QED) is 0.829. The average molecular weight is 258 g/mol. The van der Waals surface area contributed by atoms with Crippen LogP contribution in [0.15, 0.2) is 18.2 Å². The zero-order valence-electron chi connectivity index (χ0n) is 10.8. The van der Waals surface area contributed by atoms with E-state index in [-0.39, 0.29) is 5.69 Å². The molecule has 100 valence electrons. The normalized spacial score (nSPS) is 11.0. The molecule has 0 aliphatic rings. The summed E-state index contributed by atoms with van der Waals surface area (Å²) in [6.07, 6.45) is -0.742. The summed E-state index contributed by atoms with van der Waals surface area (Å²) >= 11 is 0. The van der Waals surface area contributed by atoms with Crippen LogP contribution in [0.25, 0.3) is 0 Å². The standard InChI is InChI=1S/C12H16F2N2O2/c1-12(2,3)18-11(17)15-16(4)10-7-8(13)5-6-9(10)14/h5-7H,1-4H3,(H,15,17). The molecule has 0 saturated heterocycles. The molecule has 1 N–H and O–H groups in total. The molecule has 1 rings (SSSR count). The number of halogens is 2. The Kier molecular flexibility index (Phi) is 4.11. The highest BCUT2D eigenvalue weighted by molar-refractivity contribution is 5.70. The molecule has 0 aliphatic carbocycles. The topological polar surface area (TPSA) is 41.6 Å². The second kappa shape index (κ2) is 5.20. The summed E-state index contributed by atoms with van der Waals surface area (Å²) in [5, 5.41) is 1.06. The first kappa shape index (κ1) is 14.2. The van der Waals surface area contributed by atoms with Crippen molar-refractivity contribution in [3.8, 4) is 0 Å². The Labute approximate surface area is 105 Å². The van der Waals surface area contributed by atoms with Gasteiger partial charge in [0.2, 0.25) is 0 Å². The fourth-order valence-electron chi connectivity index (χ4n) is 1.24. The van der Waals surface area contributed by atoms with Crippen molar-refractivity contribution in [1.29, 1.82) is 0 Å². The number of benzene rings is 1. The Bertz CT molecular complexity index is 444. The van der Waals surface area contributed by atoms with Crippen molar-refractivity contribution in [1.82, 2.24) is 5.43 Å². The van der Waals surface area contributed by atoms with E-state index in [9.17, 15) is 13.6 Å².